The van der Waals surface area contributed by atoms with Gasteiger partial charge in [0.15, 0.2) is 0 Å². The fraction of sp³-hybridized carbons (Fsp3) is 0.278. The first-order valence-corrected chi connectivity index (χ1v) is 9.91. The maximum absolute atomic E-state index is 12.6. The van der Waals surface area contributed by atoms with Crippen molar-refractivity contribution in [3.63, 3.8) is 0 Å². The molecule has 142 valence electrons. The molecule has 1 aliphatic rings. The van der Waals surface area contributed by atoms with Gasteiger partial charge in [0.1, 0.15) is 0 Å². The zero-order chi connectivity index (χ0) is 19.6. The number of pyridine rings is 1. The number of fused-ring (bicyclic) bond motifs is 1. The van der Waals surface area contributed by atoms with Gasteiger partial charge in [0.2, 0.25) is 15.9 Å². The van der Waals surface area contributed by atoms with Crippen molar-refractivity contribution in [3.8, 4) is 0 Å². The number of amides is 2. The largest absolute Gasteiger partial charge is 0.348 e. The summed E-state index contributed by atoms with van der Waals surface area (Å²) in [6.07, 6.45) is 3.82. The number of carbonyl (C=O) groups excluding carboxylic acids is 2. The summed E-state index contributed by atoms with van der Waals surface area (Å²) < 4.78 is 22.5. The fourth-order valence-electron chi connectivity index (χ4n) is 3.03. The Morgan fingerprint density at radius 1 is 1.22 bits per heavy atom. The van der Waals surface area contributed by atoms with Crippen molar-refractivity contribution >= 4 is 21.8 Å². The van der Waals surface area contributed by atoms with E-state index < -0.39 is 10.0 Å². The molecule has 1 aromatic heterocycles. The molecule has 0 bridgehead atoms. The highest BCUT2D eigenvalue weighted by Crippen LogP contribution is 2.21. The van der Waals surface area contributed by atoms with Crippen molar-refractivity contribution in [2.24, 2.45) is 5.14 Å². The molecule has 3 rings (SSSR count). The van der Waals surface area contributed by atoms with Crippen LogP contribution < -0.4 is 10.5 Å². The summed E-state index contributed by atoms with van der Waals surface area (Å²) in [5.41, 5.74) is 3.03. The molecular weight excluding hydrogens is 368 g/mol. The van der Waals surface area contributed by atoms with Crippen LogP contribution in [0.2, 0.25) is 0 Å². The number of hydrogen-bond acceptors (Lipinski definition) is 5. The van der Waals surface area contributed by atoms with Crippen LogP contribution in [-0.4, -0.2) is 36.7 Å². The van der Waals surface area contributed by atoms with Crippen LogP contribution in [0, 0.1) is 0 Å². The number of carbonyl (C=O) groups is 2. The predicted molar refractivity (Wildman–Crippen MR) is 98.0 cm³/mol. The molecule has 9 heteroatoms. The van der Waals surface area contributed by atoms with Gasteiger partial charge in [0.25, 0.3) is 5.91 Å². The molecule has 0 aliphatic carbocycles. The van der Waals surface area contributed by atoms with E-state index in [-0.39, 0.29) is 23.3 Å². The Morgan fingerprint density at radius 3 is 2.56 bits per heavy atom. The van der Waals surface area contributed by atoms with Gasteiger partial charge < -0.3 is 10.2 Å². The van der Waals surface area contributed by atoms with Gasteiger partial charge in [0.05, 0.1) is 10.5 Å². The number of nitrogens with zero attached hydrogens (tertiary/aromatic N) is 2. The lowest BCUT2D eigenvalue weighted by molar-refractivity contribution is -0.129. The lowest BCUT2D eigenvalue weighted by Crippen LogP contribution is -2.36. The van der Waals surface area contributed by atoms with Crippen molar-refractivity contribution in [2.45, 2.75) is 31.3 Å². The third kappa shape index (κ3) is 4.32. The van der Waals surface area contributed by atoms with E-state index in [4.69, 9.17) is 5.14 Å². The lowest BCUT2D eigenvalue weighted by Gasteiger charge is -2.28. The summed E-state index contributed by atoms with van der Waals surface area (Å²) in [4.78, 5) is 30.0. The van der Waals surface area contributed by atoms with E-state index in [2.05, 4.69) is 10.3 Å². The quantitative estimate of drug-likeness (QED) is 0.792. The van der Waals surface area contributed by atoms with Crippen LogP contribution >= 0.6 is 0 Å². The Morgan fingerprint density at radius 2 is 1.93 bits per heavy atom. The molecule has 0 fully saturated rings. The number of sulfonamides is 1. The molecule has 0 spiro atoms. The molecule has 1 aromatic carbocycles. The maximum atomic E-state index is 12.6. The minimum atomic E-state index is -3.74. The number of aromatic nitrogens is 1. The number of nitrogens with two attached hydrogens (primary N) is 1. The van der Waals surface area contributed by atoms with Gasteiger partial charge in [-0.2, -0.15) is 0 Å². The second-order valence-electron chi connectivity index (χ2n) is 6.39. The van der Waals surface area contributed by atoms with Crippen molar-refractivity contribution in [2.75, 3.05) is 6.54 Å². The van der Waals surface area contributed by atoms with Crippen molar-refractivity contribution in [3.05, 3.63) is 58.9 Å². The molecule has 3 N–H and O–H groups in total. The number of nitrogens with one attached hydrogen (secondary N) is 1. The molecule has 27 heavy (non-hydrogen) atoms. The van der Waals surface area contributed by atoms with Crippen LogP contribution in [0.3, 0.4) is 0 Å². The Bertz CT molecular complexity index is 987. The fourth-order valence-corrected chi connectivity index (χ4v) is 3.55. The van der Waals surface area contributed by atoms with Gasteiger partial charge in [-0.05, 0) is 35.2 Å². The Hall–Kier alpha value is -2.78. The lowest BCUT2D eigenvalue weighted by atomic mass is 9.96. The average molecular weight is 388 g/mol. The standard InChI is InChI=1S/C18H20N4O4S/c1-12(23)22-7-6-16-14(11-22)9-20-10-17(16)18(24)21-8-13-2-4-15(5-3-13)27(19,25)26/h2-5,9-10H,6-8,11H2,1H3,(H,21,24)(H2,19,25,26). The predicted octanol–water partition coefficient (Wildman–Crippen LogP) is 0.564. The minimum absolute atomic E-state index is 0.00144. The van der Waals surface area contributed by atoms with Gasteiger partial charge in [-0.3, -0.25) is 14.6 Å². The molecule has 0 saturated carbocycles. The summed E-state index contributed by atoms with van der Waals surface area (Å²) in [6.45, 7) is 2.79. The molecule has 8 nitrogen and oxygen atoms in total. The van der Waals surface area contributed by atoms with Crippen molar-refractivity contribution in [1.29, 1.82) is 0 Å². The second kappa shape index (κ2) is 7.45. The highest BCUT2D eigenvalue weighted by molar-refractivity contribution is 7.89. The Kier molecular flexibility index (Phi) is 5.24. The first kappa shape index (κ1) is 19.0. The number of benzene rings is 1. The zero-order valence-electron chi connectivity index (χ0n) is 14.8. The van der Waals surface area contributed by atoms with E-state index in [0.717, 1.165) is 16.7 Å². The third-order valence-electron chi connectivity index (χ3n) is 4.53. The molecule has 0 saturated heterocycles. The van der Waals surface area contributed by atoms with Crippen molar-refractivity contribution < 1.29 is 18.0 Å². The second-order valence-corrected chi connectivity index (χ2v) is 7.95. The molecule has 1 aliphatic heterocycles. The molecule has 2 amide bonds. The summed E-state index contributed by atoms with van der Waals surface area (Å²) in [6, 6.07) is 6.01. The van der Waals surface area contributed by atoms with E-state index in [0.29, 0.717) is 25.1 Å². The van der Waals surface area contributed by atoms with Gasteiger partial charge >= 0.3 is 0 Å². The maximum Gasteiger partial charge on any atom is 0.253 e. The molecule has 2 aromatic rings. The highest BCUT2D eigenvalue weighted by atomic mass is 32.2. The molecular formula is C18H20N4O4S. The van der Waals surface area contributed by atoms with Crippen LogP contribution in [0.15, 0.2) is 41.6 Å². The smallest absolute Gasteiger partial charge is 0.253 e. The molecule has 2 heterocycles. The van der Waals surface area contributed by atoms with Crippen LogP contribution in [0.4, 0.5) is 0 Å². The first-order chi connectivity index (χ1) is 12.8. The van der Waals surface area contributed by atoms with Crippen LogP contribution in [0.5, 0.6) is 0 Å². The molecule has 0 unspecified atom stereocenters. The van der Waals surface area contributed by atoms with Gasteiger partial charge in [-0.15, -0.1) is 0 Å². The molecule has 0 atom stereocenters. The first-order valence-electron chi connectivity index (χ1n) is 8.37. The Labute approximate surface area is 157 Å². The number of rotatable bonds is 4. The number of primary sulfonamides is 1. The molecule has 0 radical (unpaired) electrons. The topological polar surface area (TPSA) is 122 Å². The Balaban J connectivity index is 1.71. The van der Waals surface area contributed by atoms with E-state index in [1.165, 1.54) is 25.3 Å². The SMILES string of the molecule is CC(=O)N1CCc2c(cncc2C(=O)NCc2ccc(S(N)(=O)=O)cc2)C1. The van der Waals surface area contributed by atoms with Gasteiger partial charge in [-0.1, -0.05) is 12.1 Å². The zero-order valence-corrected chi connectivity index (χ0v) is 15.6. The average Bonchev–Trinajstić information content (AvgIpc) is 2.64. The van der Waals surface area contributed by atoms with Crippen LogP contribution in [-0.2, 0) is 34.3 Å². The van der Waals surface area contributed by atoms with E-state index in [9.17, 15) is 18.0 Å². The normalized spacial score (nSPS) is 13.8. The minimum Gasteiger partial charge on any atom is -0.348 e. The van der Waals surface area contributed by atoms with E-state index in [1.54, 1.807) is 23.2 Å². The van der Waals surface area contributed by atoms with Gasteiger partial charge in [0, 0.05) is 39.0 Å². The third-order valence-corrected chi connectivity index (χ3v) is 5.46. The monoisotopic (exact) mass is 388 g/mol. The van der Waals surface area contributed by atoms with Crippen molar-refractivity contribution in [1.82, 2.24) is 15.2 Å². The number of hydrogen-bond donors (Lipinski definition) is 2. The highest BCUT2D eigenvalue weighted by Gasteiger charge is 2.23. The summed E-state index contributed by atoms with van der Waals surface area (Å²) in [7, 11) is -3.74. The van der Waals surface area contributed by atoms with Crippen LogP contribution in [0.1, 0.15) is 34.0 Å². The summed E-state index contributed by atoms with van der Waals surface area (Å²) in [5.74, 6) is -0.260. The van der Waals surface area contributed by atoms with Gasteiger partial charge in [-0.25, -0.2) is 13.6 Å². The summed E-state index contributed by atoms with van der Waals surface area (Å²) in [5, 5.41) is 7.89. The van der Waals surface area contributed by atoms with E-state index >= 15 is 0 Å². The summed E-state index contributed by atoms with van der Waals surface area (Å²) >= 11 is 0. The van der Waals surface area contributed by atoms with E-state index in [1.807, 2.05) is 0 Å². The van der Waals surface area contributed by atoms with Crippen LogP contribution in [0.25, 0.3) is 0 Å².